The molecule has 3 heterocycles. The van der Waals surface area contributed by atoms with Crippen molar-refractivity contribution in [2.75, 3.05) is 9.80 Å². The van der Waals surface area contributed by atoms with Gasteiger partial charge in [0.05, 0.1) is 12.5 Å². The van der Waals surface area contributed by atoms with Gasteiger partial charge in [-0.1, -0.05) is 126 Å². The molecule has 1 aliphatic rings. The van der Waals surface area contributed by atoms with Crippen molar-refractivity contribution in [1.82, 2.24) is 14.1 Å². The fraction of sp³-hybridized carbons (Fsp3) is 0.111. The van der Waals surface area contributed by atoms with Crippen LogP contribution in [0.15, 0.2) is 279 Å². The van der Waals surface area contributed by atoms with E-state index in [2.05, 4.69) is 292 Å². The number of hydrogen-bond donors (Lipinski definition) is 0. The Bertz CT molecular complexity index is 5040. The fourth-order valence-electron chi connectivity index (χ4n) is 12.3. The van der Waals surface area contributed by atoms with Crippen molar-refractivity contribution in [3.8, 4) is 78.5 Å². The van der Waals surface area contributed by atoms with Gasteiger partial charge in [0.1, 0.15) is 0 Å². The van der Waals surface area contributed by atoms with Crippen LogP contribution in [0.25, 0.3) is 78.0 Å². The Hall–Kier alpha value is -9.87. The Morgan fingerprint density at radius 1 is 0.398 bits per heavy atom. The van der Waals surface area contributed by atoms with Crippen molar-refractivity contribution in [3.63, 3.8) is 0 Å². The molecule has 0 spiro atoms. The molecule has 14 rings (SSSR count). The Kier molecular flexibility index (Phi) is 13.0. The van der Waals surface area contributed by atoms with Gasteiger partial charge in [0, 0.05) is 23.0 Å². The molecule has 13 aromatic rings. The van der Waals surface area contributed by atoms with E-state index in [4.69, 9.17) is 16.6 Å². The van der Waals surface area contributed by atoms with Crippen LogP contribution >= 0.6 is 0 Å². The predicted molar refractivity (Wildman–Crippen MR) is 362 cm³/mol. The molecule has 2 aromatic heterocycles. The number of benzene rings is 11. The summed E-state index contributed by atoms with van der Waals surface area (Å²) in [7, 11) is 0. The third-order valence-electron chi connectivity index (χ3n) is 16.7. The molecule has 0 atom stereocenters. The average molecular weight is 1330 g/mol. The summed E-state index contributed by atoms with van der Waals surface area (Å²) < 4.78 is 56.5. The average Bonchev–Trinajstić information content (AvgIpc) is 1.70. The SMILES string of the molecule is [2H]c1c([2H])c([2H])c(-c2cnc(N3c4ccccc4-c4ccccc4N(c4cc(C(C)(C)C)cc(C(C)(C)C)c4)c4ccccc4-c4ccc(Oc5cccc(-n6[c](=[Pt])n(-c7c(-c8ccccc8)cccc7-c7ccccc7)c7ccccc76)c5)cc43)cc2C)c([2H])c1[2H]. The van der Waals surface area contributed by atoms with Gasteiger partial charge in [0.25, 0.3) is 0 Å². The van der Waals surface area contributed by atoms with Crippen LogP contribution in [0.5, 0.6) is 11.5 Å². The van der Waals surface area contributed by atoms with Gasteiger partial charge in [-0.3, -0.25) is 0 Å². The van der Waals surface area contributed by atoms with Crippen LogP contribution in [0.4, 0.5) is 34.3 Å². The number of aromatic nitrogens is 3. The third-order valence-corrected chi connectivity index (χ3v) is 17.7. The van der Waals surface area contributed by atoms with E-state index in [0.717, 1.165) is 99.2 Å². The van der Waals surface area contributed by atoms with Gasteiger partial charge in [-0.15, -0.1) is 0 Å². The van der Waals surface area contributed by atoms with Gasteiger partial charge in [-0.2, -0.15) is 0 Å². The van der Waals surface area contributed by atoms with Gasteiger partial charge < -0.3 is 4.90 Å². The number of ether oxygens (including phenoxy) is 1. The van der Waals surface area contributed by atoms with Crippen molar-refractivity contribution in [2.45, 2.75) is 59.3 Å². The number of hydrogen-bond acceptors (Lipinski definition) is 4. The molecule has 0 saturated heterocycles. The quantitative estimate of drug-likeness (QED) is 0.144. The molecule has 11 aromatic carbocycles. The number of nitrogens with zero attached hydrogens (tertiary/aromatic N) is 5. The summed E-state index contributed by atoms with van der Waals surface area (Å²) in [4.78, 5) is 9.87. The van der Waals surface area contributed by atoms with Crippen LogP contribution in [0.2, 0.25) is 0 Å². The van der Waals surface area contributed by atoms with Crippen LogP contribution in [0, 0.1) is 10.7 Å². The topological polar surface area (TPSA) is 38.5 Å². The van der Waals surface area contributed by atoms with E-state index in [0.29, 0.717) is 28.4 Å². The molecule has 0 amide bonds. The van der Waals surface area contributed by atoms with Gasteiger partial charge in [-0.25, -0.2) is 0 Å². The molecule has 432 valence electrons. The van der Waals surface area contributed by atoms with E-state index in [1.165, 1.54) is 11.1 Å². The molecule has 1 aliphatic heterocycles. The van der Waals surface area contributed by atoms with E-state index in [-0.39, 0.29) is 28.5 Å². The van der Waals surface area contributed by atoms with Crippen LogP contribution in [-0.2, 0) is 30.2 Å². The Morgan fingerprint density at radius 2 is 0.886 bits per heavy atom. The summed E-state index contributed by atoms with van der Waals surface area (Å²) in [5.41, 5.74) is 20.2. The van der Waals surface area contributed by atoms with Crippen molar-refractivity contribution >= 4 is 45.3 Å². The first-order valence-corrected chi connectivity index (χ1v) is 30.9. The molecule has 88 heavy (non-hydrogen) atoms. The summed E-state index contributed by atoms with van der Waals surface area (Å²) in [6, 6.07) is 83.7. The smallest absolute Gasteiger partial charge is 0.0616 e. The maximum atomic E-state index is 9.02. The Morgan fingerprint density at radius 3 is 1.45 bits per heavy atom. The maximum absolute atomic E-state index is 9.02. The molecule has 0 fully saturated rings. The number of imidazole rings is 1. The standard InChI is InChI=1S/C81H67N5O.Pt/c1-55-47-78(82-53-71(55)58-31-15-10-16-32-58)86-74-42-22-19-36-68(74)67-35-17-20-40-72(67)85(62-49-59(80(2,3)4)48-60(50-62)81(5,6)7)73-41-21-18-37-69(73)70-46-45-64(52-77(70)86)87-63-34-25-33-61(51-63)83-54-84(76-44-24-23-43-75(76)83)79-65(56-27-11-8-12-28-56)38-26-39-66(79)57-29-13-9-14-30-57;/h8-53H,1-7H3;/i10D,15D,16D,31D,32D;. The van der Waals surface area contributed by atoms with Crippen molar-refractivity contribution in [3.05, 3.63) is 300 Å². The number of pyridine rings is 1. The van der Waals surface area contributed by atoms with E-state index < -0.39 is 18.1 Å². The van der Waals surface area contributed by atoms with Gasteiger partial charge >= 0.3 is 306 Å². The second-order valence-electron chi connectivity index (χ2n) is 24.5. The second-order valence-corrected chi connectivity index (χ2v) is 25.5. The minimum atomic E-state index is -0.448. The predicted octanol–water partition coefficient (Wildman–Crippen LogP) is 22.2. The number of anilines is 6. The third kappa shape index (κ3) is 10.3. The molecule has 7 heteroatoms. The minimum Gasteiger partial charge on any atom is -0.0616 e. The van der Waals surface area contributed by atoms with Crippen LogP contribution in [-0.4, -0.2) is 14.1 Å². The summed E-state index contributed by atoms with van der Waals surface area (Å²) >= 11 is 2.49. The van der Waals surface area contributed by atoms with Gasteiger partial charge in [0.2, 0.25) is 0 Å². The fourth-order valence-corrected chi connectivity index (χ4v) is 13.3. The zero-order valence-electron chi connectivity index (χ0n) is 55.1. The summed E-state index contributed by atoms with van der Waals surface area (Å²) in [6.07, 6.45) is 1.64. The summed E-state index contributed by atoms with van der Waals surface area (Å²) in [6.45, 7) is 15.6. The van der Waals surface area contributed by atoms with Crippen LogP contribution in [0.3, 0.4) is 0 Å². The van der Waals surface area contributed by atoms with Crippen molar-refractivity contribution < 1.29 is 30.9 Å². The van der Waals surface area contributed by atoms with E-state index in [1.54, 1.807) is 6.20 Å². The van der Waals surface area contributed by atoms with Crippen LogP contribution in [0.1, 0.15) is 65.1 Å². The zero-order valence-corrected chi connectivity index (χ0v) is 52.4. The minimum absolute atomic E-state index is 0.0942. The first-order valence-electron chi connectivity index (χ1n) is 32.3. The molecule has 0 bridgehead atoms. The Labute approximate surface area is 534 Å². The van der Waals surface area contributed by atoms with Crippen molar-refractivity contribution in [2.24, 2.45) is 0 Å². The van der Waals surface area contributed by atoms with E-state index in [1.807, 2.05) is 37.3 Å². The normalized spacial score (nSPS) is 13.1. The van der Waals surface area contributed by atoms with E-state index >= 15 is 0 Å². The van der Waals surface area contributed by atoms with Crippen molar-refractivity contribution in [1.29, 1.82) is 0 Å². The first kappa shape index (κ1) is 50.3. The molecule has 6 nitrogen and oxygen atoms in total. The Balaban J connectivity index is 0.982. The number of para-hydroxylation sites is 6. The number of rotatable bonds is 9. The number of fused-ring (bicyclic) bond motifs is 7. The summed E-state index contributed by atoms with van der Waals surface area (Å²) in [5, 5.41) is 0. The van der Waals surface area contributed by atoms with Crippen LogP contribution < -0.4 is 14.5 Å². The molecule has 0 saturated carbocycles. The molecular weight excluding hydrogens is 1250 g/mol. The first-order chi connectivity index (χ1) is 44.8. The van der Waals surface area contributed by atoms with Gasteiger partial charge in [0.15, 0.2) is 0 Å². The van der Waals surface area contributed by atoms with Gasteiger partial charge in [-0.05, 0) is 64.3 Å². The molecular formula is C81H67N5OPt. The second kappa shape index (κ2) is 22.8. The summed E-state index contributed by atoms with van der Waals surface area (Å²) in [5.74, 6) is 1.75. The number of aryl methyl sites for hydroxylation is 1. The van der Waals surface area contributed by atoms with E-state index in [9.17, 15) is 0 Å². The molecule has 0 unspecified atom stereocenters. The molecule has 0 aliphatic carbocycles. The molecule has 0 radical (unpaired) electrons. The monoisotopic (exact) mass is 1330 g/mol. The zero-order chi connectivity index (χ0) is 64.6. The molecule has 0 N–H and O–H groups in total.